The first-order chi connectivity index (χ1) is 5.35. The molecule has 0 aromatic carbocycles. The first-order valence-electron chi connectivity index (χ1n) is 3.94. The zero-order valence-electron chi connectivity index (χ0n) is 8.10. The van der Waals surface area contributed by atoms with Crippen LogP contribution in [0.4, 0.5) is 0 Å². The lowest BCUT2D eigenvalue weighted by Gasteiger charge is -2.19. The van der Waals surface area contributed by atoms with E-state index in [9.17, 15) is 4.79 Å². The quantitative estimate of drug-likeness (QED) is 0.520. The Labute approximate surface area is 73.6 Å². The highest BCUT2D eigenvalue weighted by Crippen LogP contribution is 2.08. The van der Waals surface area contributed by atoms with E-state index in [0.29, 0.717) is 5.71 Å². The molecule has 69 valence electrons. The van der Waals surface area contributed by atoms with Gasteiger partial charge in [0.05, 0.1) is 6.42 Å². The summed E-state index contributed by atoms with van der Waals surface area (Å²) in [6.07, 6.45) is 1.65. The number of ether oxygens (including phenoxy) is 1. The molecule has 0 atom stereocenters. The summed E-state index contributed by atoms with van der Waals surface area (Å²) in [5.74, 6) is -0.342. The van der Waals surface area contributed by atoms with Gasteiger partial charge in [0.25, 0.3) is 0 Å². The van der Waals surface area contributed by atoms with Crippen molar-refractivity contribution in [2.45, 2.75) is 39.7 Å². The average molecular weight is 170 g/mol. The monoisotopic (exact) mass is 170 g/mol. The minimum atomic E-state index is -0.453. The molecule has 1 N–H and O–H groups in total. The number of hydrogen-bond acceptors (Lipinski definition) is 3. The summed E-state index contributed by atoms with van der Waals surface area (Å²) in [5, 5.41) is 7.22. The Kier molecular flexibility index (Phi) is 3.93. The summed E-state index contributed by atoms with van der Waals surface area (Å²) in [6, 6.07) is 0. The number of carbonyl (C=O) groups is 1. The van der Waals surface area contributed by atoms with Crippen LogP contribution in [-0.2, 0) is 9.53 Å². The minimum absolute atomic E-state index is 0.0633. The summed E-state index contributed by atoms with van der Waals surface area (Å²) in [5.41, 5.74) is -0.158. The minimum Gasteiger partial charge on any atom is -0.460 e. The van der Waals surface area contributed by atoms with Crippen LogP contribution in [-0.4, -0.2) is 17.3 Å². The van der Waals surface area contributed by atoms with E-state index in [1.165, 1.54) is 0 Å². The lowest BCUT2D eigenvalue weighted by Crippen LogP contribution is -2.25. The average Bonchev–Trinajstić information content (AvgIpc) is 1.82. The molecule has 0 bridgehead atoms. The van der Waals surface area contributed by atoms with Crippen molar-refractivity contribution in [1.29, 1.82) is 5.41 Å². The third-order valence-corrected chi connectivity index (χ3v) is 1.10. The fourth-order valence-corrected chi connectivity index (χ4v) is 0.635. The Morgan fingerprint density at radius 3 is 2.33 bits per heavy atom. The Balaban J connectivity index is 3.83. The SMILES string of the molecule is C[CH]C(=N)CC(=O)OC(C)(C)C. The summed E-state index contributed by atoms with van der Waals surface area (Å²) in [4.78, 5) is 11.0. The number of rotatable bonds is 3. The highest BCUT2D eigenvalue weighted by molar-refractivity contribution is 6.01. The van der Waals surface area contributed by atoms with Crippen molar-refractivity contribution in [2.24, 2.45) is 0 Å². The van der Waals surface area contributed by atoms with Crippen molar-refractivity contribution in [3.63, 3.8) is 0 Å². The van der Waals surface area contributed by atoms with Crippen molar-refractivity contribution in [3.8, 4) is 0 Å². The Morgan fingerprint density at radius 1 is 1.50 bits per heavy atom. The number of carbonyl (C=O) groups excluding carboxylic acids is 1. The van der Waals surface area contributed by atoms with Crippen LogP contribution < -0.4 is 0 Å². The van der Waals surface area contributed by atoms with Crippen LogP contribution in [0.3, 0.4) is 0 Å². The summed E-state index contributed by atoms with van der Waals surface area (Å²) < 4.78 is 5.01. The molecule has 0 aliphatic heterocycles. The van der Waals surface area contributed by atoms with E-state index >= 15 is 0 Å². The van der Waals surface area contributed by atoms with Crippen LogP contribution in [0.2, 0.25) is 0 Å². The van der Waals surface area contributed by atoms with Gasteiger partial charge in [-0.15, -0.1) is 0 Å². The van der Waals surface area contributed by atoms with E-state index in [1.54, 1.807) is 13.3 Å². The van der Waals surface area contributed by atoms with Crippen LogP contribution in [0.15, 0.2) is 0 Å². The maximum absolute atomic E-state index is 11.0. The van der Waals surface area contributed by atoms with Gasteiger partial charge in [0.2, 0.25) is 0 Å². The summed E-state index contributed by atoms with van der Waals surface area (Å²) >= 11 is 0. The number of hydrogen-bond donors (Lipinski definition) is 1. The third-order valence-electron chi connectivity index (χ3n) is 1.10. The smallest absolute Gasteiger partial charge is 0.312 e. The number of nitrogens with one attached hydrogen (secondary N) is 1. The van der Waals surface area contributed by atoms with Gasteiger partial charge in [0, 0.05) is 12.1 Å². The highest BCUT2D eigenvalue weighted by Gasteiger charge is 2.16. The normalized spacial score (nSPS) is 11.0. The van der Waals surface area contributed by atoms with Gasteiger partial charge in [-0.1, -0.05) is 6.92 Å². The standard InChI is InChI=1S/C9H16NO2/c1-5-7(10)6-8(11)12-9(2,3)4/h5,10H,6H2,1-4H3. The van der Waals surface area contributed by atoms with Gasteiger partial charge in [-0.3, -0.25) is 4.79 Å². The molecule has 0 amide bonds. The summed E-state index contributed by atoms with van der Waals surface area (Å²) in [6.45, 7) is 7.16. The van der Waals surface area contributed by atoms with E-state index in [1.807, 2.05) is 20.8 Å². The van der Waals surface area contributed by atoms with E-state index in [4.69, 9.17) is 10.1 Å². The molecular formula is C9H16NO2. The predicted octanol–water partition coefficient (Wildman–Crippen LogP) is 1.96. The fraction of sp³-hybridized carbons (Fsp3) is 0.667. The maximum atomic E-state index is 11.0. The number of esters is 1. The van der Waals surface area contributed by atoms with Gasteiger partial charge in [-0.2, -0.15) is 0 Å². The molecule has 0 saturated carbocycles. The largest absolute Gasteiger partial charge is 0.460 e. The lowest BCUT2D eigenvalue weighted by atomic mass is 10.2. The second kappa shape index (κ2) is 4.24. The van der Waals surface area contributed by atoms with Crippen molar-refractivity contribution in [3.05, 3.63) is 6.42 Å². The molecule has 0 rings (SSSR count). The topological polar surface area (TPSA) is 50.2 Å². The molecule has 1 radical (unpaired) electrons. The lowest BCUT2D eigenvalue weighted by molar-refractivity contribution is -0.153. The fourth-order valence-electron chi connectivity index (χ4n) is 0.635. The Hall–Kier alpha value is -0.860. The molecule has 3 heteroatoms. The second-order valence-electron chi connectivity index (χ2n) is 3.58. The Bertz CT molecular complexity index is 179. The van der Waals surface area contributed by atoms with Gasteiger partial charge in [-0.05, 0) is 20.8 Å². The van der Waals surface area contributed by atoms with E-state index in [0.717, 1.165) is 0 Å². The van der Waals surface area contributed by atoms with Gasteiger partial charge in [0.1, 0.15) is 5.60 Å². The molecule has 0 aromatic heterocycles. The van der Waals surface area contributed by atoms with E-state index in [-0.39, 0.29) is 12.4 Å². The van der Waals surface area contributed by atoms with Crippen LogP contribution in [0.5, 0.6) is 0 Å². The zero-order chi connectivity index (χ0) is 9.78. The molecule has 0 spiro atoms. The highest BCUT2D eigenvalue weighted by atomic mass is 16.6. The predicted molar refractivity (Wildman–Crippen MR) is 48.2 cm³/mol. The molecule has 0 fully saturated rings. The first-order valence-corrected chi connectivity index (χ1v) is 3.94. The molecule has 0 aliphatic rings. The maximum Gasteiger partial charge on any atom is 0.312 e. The van der Waals surface area contributed by atoms with Crippen molar-refractivity contribution in [1.82, 2.24) is 0 Å². The van der Waals surface area contributed by atoms with Gasteiger partial charge in [-0.25, -0.2) is 0 Å². The van der Waals surface area contributed by atoms with Gasteiger partial charge < -0.3 is 10.1 Å². The van der Waals surface area contributed by atoms with E-state index < -0.39 is 5.60 Å². The molecule has 0 aromatic rings. The van der Waals surface area contributed by atoms with Gasteiger partial charge >= 0.3 is 5.97 Å². The van der Waals surface area contributed by atoms with Crippen molar-refractivity contribution < 1.29 is 9.53 Å². The molecule has 12 heavy (non-hydrogen) atoms. The van der Waals surface area contributed by atoms with Gasteiger partial charge in [0.15, 0.2) is 0 Å². The first kappa shape index (κ1) is 11.1. The molecule has 0 unspecified atom stereocenters. The third kappa shape index (κ3) is 5.89. The van der Waals surface area contributed by atoms with Crippen molar-refractivity contribution >= 4 is 11.7 Å². The van der Waals surface area contributed by atoms with Crippen molar-refractivity contribution in [2.75, 3.05) is 0 Å². The summed E-state index contributed by atoms with van der Waals surface area (Å²) in [7, 11) is 0. The second-order valence-corrected chi connectivity index (χ2v) is 3.58. The van der Waals surface area contributed by atoms with Crippen LogP contribution in [0, 0.1) is 11.8 Å². The Morgan fingerprint density at radius 2 is 2.00 bits per heavy atom. The molecule has 0 heterocycles. The molecule has 0 aliphatic carbocycles. The van der Waals surface area contributed by atoms with Crippen LogP contribution >= 0.6 is 0 Å². The molecule has 3 nitrogen and oxygen atoms in total. The van der Waals surface area contributed by atoms with E-state index in [2.05, 4.69) is 0 Å². The molecule has 0 saturated heterocycles. The van der Waals surface area contributed by atoms with Crippen LogP contribution in [0.25, 0.3) is 0 Å². The zero-order valence-corrected chi connectivity index (χ0v) is 8.10. The molecular weight excluding hydrogens is 154 g/mol. The van der Waals surface area contributed by atoms with Crippen LogP contribution in [0.1, 0.15) is 34.1 Å².